The summed E-state index contributed by atoms with van der Waals surface area (Å²) in [5.74, 6) is 0. The van der Waals surface area contributed by atoms with Crippen LogP contribution in [0.25, 0.3) is 10.2 Å². The molecule has 1 aromatic carbocycles. The second-order valence-corrected chi connectivity index (χ2v) is 7.16. The van der Waals surface area contributed by atoms with Crippen LogP contribution in [0.1, 0.15) is 5.56 Å². The summed E-state index contributed by atoms with van der Waals surface area (Å²) in [5.41, 5.74) is 1.44. The van der Waals surface area contributed by atoms with Crippen molar-refractivity contribution in [3.63, 3.8) is 0 Å². The van der Waals surface area contributed by atoms with E-state index in [9.17, 15) is 4.79 Å². The van der Waals surface area contributed by atoms with E-state index in [0.717, 1.165) is 42.9 Å². The van der Waals surface area contributed by atoms with Gasteiger partial charge in [-0.25, -0.2) is 8.94 Å². The van der Waals surface area contributed by atoms with Gasteiger partial charge in [0.1, 0.15) is 4.83 Å². The van der Waals surface area contributed by atoms with Gasteiger partial charge in [0.15, 0.2) is 0 Å². The Hall–Kier alpha value is -2.02. The van der Waals surface area contributed by atoms with E-state index in [4.69, 9.17) is 0 Å². The van der Waals surface area contributed by atoms with E-state index in [1.807, 2.05) is 16.1 Å². The Morgan fingerprint density at radius 3 is 2.46 bits per heavy atom. The van der Waals surface area contributed by atoms with Crippen molar-refractivity contribution in [1.82, 2.24) is 18.7 Å². The highest BCUT2D eigenvalue weighted by atomic mass is 32.1. The molecule has 6 heteroatoms. The van der Waals surface area contributed by atoms with Gasteiger partial charge in [-0.3, -0.25) is 14.6 Å². The van der Waals surface area contributed by atoms with E-state index in [1.165, 1.54) is 17.1 Å². The van der Waals surface area contributed by atoms with Gasteiger partial charge >= 0.3 is 0 Å². The largest absolute Gasteiger partial charge is 0.297 e. The molecule has 0 atom stereocenters. The van der Waals surface area contributed by atoms with Gasteiger partial charge in [-0.2, -0.15) is 0 Å². The van der Waals surface area contributed by atoms with Crippen LogP contribution in [0, 0.1) is 0 Å². The first-order valence-corrected chi connectivity index (χ1v) is 9.00. The average Bonchev–Trinajstić information content (AvgIpc) is 2.94. The van der Waals surface area contributed by atoms with Gasteiger partial charge in [-0.1, -0.05) is 30.3 Å². The molecule has 0 amide bonds. The summed E-state index contributed by atoms with van der Waals surface area (Å²) in [6.07, 6.45) is 1.74. The third-order valence-electron chi connectivity index (χ3n) is 4.47. The van der Waals surface area contributed by atoms with Crippen LogP contribution in [0.15, 0.2) is 53.5 Å². The number of aromatic nitrogens is 2. The van der Waals surface area contributed by atoms with Crippen LogP contribution in [-0.4, -0.2) is 44.9 Å². The predicted molar refractivity (Wildman–Crippen MR) is 97.2 cm³/mol. The lowest BCUT2D eigenvalue weighted by atomic mass is 10.2. The molecular formula is C18H20N4OS. The van der Waals surface area contributed by atoms with Crippen molar-refractivity contribution in [1.29, 1.82) is 0 Å². The number of fused-ring (bicyclic) bond motifs is 1. The number of hydrogen-bond donors (Lipinski definition) is 0. The molecule has 124 valence electrons. The van der Waals surface area contributed by atoms with E-state index in [1.54, 1.807) is 6.20 Å². The Morgan fingerprint density at radius 2 is 1.71 bits per heavy atom. The minimum absolute atomic E-state index is 0.0785. The highest BCUT2D eigenvalue weighted by molar-refractivity contribution is 7.13. The van der Waals surface area contributed by atoms with Crippen molar-refractivity contribution in [2.75, 3.05) is 26.2 Å². The van der Waals surface area contributed by atoms with E-state index in [-0.39, 0.29) is 5.56 Å². The van der Waals surface area contributed by atoms with E-state index < -0.39 is 0 Å². The molecule has 0 bridgehead atoms. The first-order chi connectivity index (χ1) is 11.8. The fourth-order valence-corrected chi connectivity index (χ4v) is 4.08. The van der Waals surface area contributed by atoms with Gasteiger partial charge < -0.3 is 0 Å². The predicted octanol–water partition coefficient (Wildman–Crippen LogP) is 2.23. The van der Waals surface area contributed by atoms with Gasteiger partial charge in [-0.05, 0) is 29.2 Å². The Morgan fingerprint density at radius 1 is 0.958 bits per heavy atom. The number of hydrogen-bond acceptors (Lipinski definition) is 5. The molecule has 1 saturated heterocycles. The summed E-state index contributed by atoms with van der Waals surface area (Å²) >= 11 is 1.46. The molecule has 0 unspecified atom stereocenters. The van der Waals surface area contributed by atoms with Crippen molar-refractivity contribution in [3.8, 4) is 0 Å². The molecule has 0 spiro atoms. The number of piperazine rings is 1. The van der Waals surface area contributed by atoms with Crippen LogP contribution in [0.3, 0.4) is 0 Å². The molecule has 0 saturated carbocycles. The molecule has 1 fully saturated rings. The summed E-state index contributed by atoms with van der Waals surface area (Å²) in [6.45, 7) is 5.71. The molecule has 0 aliphatic carbocycles. The van der Waals surface area contributed by atoms with Crippen molar-refractivity contribution >= 4 is 21.7 Å². The summed E-state index contributed by atoms with van der Waals surface area (Å²) < 4.78 is 1.82. The zero-order valence-electron chi connectivity index (χ0n) is 13.5. The summed E-state index contributed by atoms with van der Waals surface area (Å²) in [4.78, 5) is 22.3. The standard InChI is InChI=1S/C18H20N4OS/c23-18-16-7-4-8-19-17(16)24-22(18)14-21-11-9-20(10-12-21)13-15-5-2-1-3-6-15/h1-8H,9-14H2. The highest BCUT2D eigenvalue weighted by Gasteiger charge is 2.18. The summed E-state index contributed by atoms with van der Waals surface area (Å²) in [6, 6.07) is 14.3. The maximum atomic E-state index is 12.4. The van der Waals surface area contributed by atoms with Crippen LogP contribution in [0.5, 0.6) is 0 Å². The van der Waals surface area contributed by atoms with E-state index in [2.05, 4.69) is 45.1 Å². The van der Waals surface area contributed by atoms with Crippen LogP contribution in [0.2, 0.25) is 0 Å². The van der Waals surface area contributed by atoms with Crippen molar-refractivity contribution in [3.05, 3.63) is 64.6 Å². The zero-order chi connectivity index (χ0) is 16.4. The van der Waals surface area contributed by atoms with Crippen LogP contribution in [0.4, 0.5) is 0 Å². The number of pyridine rings is 1. The molecule has 5 nitrogen and oxygen atoms in total. The van der Waals surface area contributed by atoms with Gasteiger partial charge in [0.25, 0.3) is 5.56 Å². The molecule has 0 radical (unpaired) electrons. The van der Waals surface area contributed by atoms with Crippen molar-refractivity contribution in [2.45, 2.75) is 13.2 Å². The fourth-order valence-electron chi connectivity index (χ4n) is 3.11. The van der Waals surface area contributed by atoms with E-state index in [0.29, 0.717) is 6.67 Å². The van der Waals surface area contributed by atoms with Crippen LogP contribution in [-0.2, 0) is 13.2 Å². The molecule has 24 heavy (non-hydrogen) atoms. The topological polar surface area (TPSA) is 41.4 Å². The number of rotatable bonds is 4. The van der Waals surface area contributed by atoms with Gasteiger partial charge in [-0.15, -0.1) is 0 Å². The zero-order valence-corrected chi connectivity index (χ0v) is 14.3. The van der Waals surface area contributed by atoms with Crippen molar-refractivity contribution in [2.24, 2.45) is 0 Å². The van der Waals surface area contributed by atoms with Crippen molar-refractivity contribution < 1.29 is 0 Å². The molecule has 1 aliphatic rings. The summed E-state index contributed by atoms with van der Waals surface area (Å²) in [5, 5.41) is 0.727. The second kappa shape index (κ2) is 6.84. The van der Waals surface area contributed by atoms with Gasteiger partial charge in [0.2, 0.25) is 0 Å². The summed E-state index contributed by atoms with van der Waals surface area (Å²) in [7, 11) is 0. The molecule has 1 aliphatic heterocycles. The SMILES string of the molecule is O=c1c2cccnc2sn1CN1CCN(Cc2ccccc2)CC1. The molecule has 4 rings (SSSR count). The lowest BCUT2D eigenvalue weighted by Crippen LogP contribution is -2.46. The number of nitrogens with zero attached hydrogens (tertiary/aromatic N) is 4. The first-order valence-electron chi connectivity index (χ1n) is 8.23. The average molecular weight is 340 g/mol. The van der Waals surface area contributed by atoms with Crippen LogP contribution >= 0.6 is 11.5 Å². The van der Waals surface area contributed by atoms with Gasteiger partial charge in [0.05, 0.1) is 12.1 Å². The van der Waals surface area contributed by atoms with Crippen LogP contribution < -0.4 is 5.56 Å². The Labute approximate surface area is 144 Å². The molecule has 3 heterocycles. The monoisotopic (exact) mass is 340 g/mol. The third-order valence-corrected chi connectivity index (χ3v) is 5.47. The lowest BCUT2D eigenvalue weighted by molar-refractivity contribution is 0.105. The maximum absolute atomic E-state index is 12.4. The minimum atomic E-state index is 0.0785. The Kier molecular flexibility index (Phi) is 4.42. The van der Waals surface area contributed by atoms with Gasteiger partial charge in [0, 0.05) is 38.9 Å². The molecule has 0 N–H and O–H groups in total. The smallest absolute Gasteiger partial charge is 0.271 e. The Balaban J connectivity index is 1.37. The fraction of sp³-hybridized carbons (Fsp3) is 0.333. The maximum Gasteiger partial charge on any atom is 0.271 e. The number of benzene rings is 1. The quantitative estimate of drug-likeness (QED) is 0.730. The lowest BCUT2D eigenvalue weighted by Gasteiger charge is -2.34. The molecule has 2 aromatic heterocycles. The first kappa shape index (κ1) is 15.5. The molecule has 3 aromatic rings. The second-order valence-electron chi connectivity index (χ2n) is 6.15. The Bertz CT molecular complexity index is 865. The highest BCUT2D eigenvalue weighted by Crippen LogP contribution is 2.14. The minimum Gasteiger partial charge on any atom is -0.297 e. The van der Waals surface area contributed by atoms with E-state index >= 15 is 0 Å². The normalized spacial score (nSPS) is 16.7. The molecular weight excluding hydrogens is 320 g/mol. The third kappa shape index (κ3) is 3.26.